The predicted molar refractivity (Wildman–Crippen MR) is 59.0 cm³/mol. The fourth-order valence-electron chi connectivity index (χ4n) is 2.29. The summed E-state index contributed by atoms with van der Waals surface area (Å²) in [7, 11) is 1.68. The van der Waals surface area contributed by atoms with Gasteiger partial charge in [0.25, 0.3) is 0 Å². The lowest BCUT2D eigenvalue weighted by Crippen LogP contribution is -2.02. The number of hydrogen-bond donors (Lipinski definition) is 1. The Morgan fingerprint density at radius 2 is 2.12 bits per heavy atom. The summed E-state index contributed by atoms with van der Waals surface area (Å²) in [6, 6.07) is 3.94. The van der Waals surface area contributed by atoms with Crippen LogP contribution >= 0.6 is 0 Å². The Morgan fingerprint density at radius 3 is 2.75 bits per heavy atom. The zero-order valence-corrected chi connectivity index (χ0v) is 9.23. The van der Waals surface area contributed by atoms with Crippen LogP contribution in [0.2, 0.25) is 0 Å². The van der Waals surface area contributed by atoms with Gasteiger partial charge in [-0.3, -0.25) is 0 Å². The molecule has 0 amide bonds. The molecule has 16 heavy (non-hydrogen) atoms. The summed E-state index contributed by atoms with van der Waals surface area (Å²) in [6.45, 7) is 1.04. The predicted octanol–water partition coefficient (Wildman–Crippen LogP) is 1.49. The summed E-state index contributed by atoms with van der Waals surface area (Å²) < 4.78 is 16.1. The van der Waals surface area contributed by atoms with Crippen LogP contribution in [0, 0.1) is 5.92 Å². The maximum Gasteiger partial charge on any atom is 0.231 e. The molecule has 1 aliphatic carbocycles. The lowest BCUT2D eigenvalue weighted by atomic mass is 10.1. The summed E-state index contributed by atoms with van der Waals surface area (Å²) in [6.07, 6.45) is 1.15. The minimum absolute atomic E-state index is 0.299. The molecule has 1 saturated carbocycles. The van der Waals surface area contributed by atoms with Crippen molar-refractivity contribution in [3.05, 3.63) is 17.7 Å². The van der Waals surface area contributed by atoms with Crippen molar-refractivity contribution in [1.29, 1.82) is 0 Å². The summed E-state index contributed by atoms with van der Waals surface area (Å²) in [5.74, 6) is 3.58. The molecular formula is C12H15NO3. The van der Waals surface area contributed by atoms with Gasteiger partial charge in [-0.1, -0.05) is 0 Å². The van der Waals surface area contributed by atoms with Crippen LogP contribution in [0.25, 0.3) is 0 Å². The van der Waals surface area contributed by atoms with Crippen LogP contribution in [-0.2, 0) is 0 Å². The second-order valence-corrected chi connectivity index (χ2v) is 4.29. The third-order valence-corrected chi connectivity index (χ3v) is 3.35. The van der Waals surface area contributed by atoms with E-state index in [0.717, 1.165) is 30.2 Å². The number of ether oxygens (including phenoxy) is 3. The van der Waals surface area contributed by atoms with Gasteiger partial charge in [0, 0.05) is 11.6 Å². The van der Waals surface area contributed by atoms with E-state index in [2.05, 4.69) is 0 Å². The lowest BCUT2D eigenvalue weighted by molar-refractivity contribution is 0.174. The molecule has 3 rings (SSSR count). The quantitative estimate of drug-likeness (QED) is 0.840. The summed E-state index contributed by atoms with van der Waals surface area (Å²) in [4.78, 5) is 0. The Labute approximate surface area is 94.3 Å². The van der Waals surface area contributed by atoms with Crippen LogP contribution in [0.4, 0.5) is 0 Å². The highest BCUT2D eigenvalue weighted by Gasteiger charge is 2.39. The summed E-state index contributed by atoms with van der Waals surface area (Å²) in [5, 5.41) is 0. The van der Waals surface area contributed by atoms with Gasteiger partial charge in [0.2, 0.25) is 6.79 Å². The fourth-order valence-corrected chi connectivity index (χ4v) is 2.29. The van der Waals surface area contributed by atoms with E-state index >= 15 is 0 Å². The molecule has 1 heterocycles. The van der Waals surface area contributed by atoms with Gasteiger partial charge in [0.1, 0.15) is 5.75 Å². The van der Waals surface area contributed by atoms with Gasteiger partial charge in [-0.25, -0.2) is 0 Å². The zero-order chi connectivity index (χ0) is 11.1. The molecule has 0 spiro atoms. The van der Waals surface area contributed by atoms with Crippen molar-refractivity contribution in [3.63, 3.8) is 0 Å². The van der Waals surface area contributed by atoms with E-state index in [1.807, 2.05) is 12.1 Å². The van der Waals surface area contributed by atoms with Crippen LogP contribution in [0.1, 0.15) is 17.9 Å². The molecule has 1 aromatic carbocycles. The molecule has 0 radical (unpaired) electrons. The van der Waals surface area contributed by atoms with E-state index in [4.69, 9.17) is 19.9 Å². The van der Waals surface area contributed by atoms with Gasteiger partial charge in [-0.15, -0.1) is 0 Å². The normalized spacial score (nSPS) is 25.6. The van der Waals surface area contributed by atoms with Crippen LogP contribution < -0.4 is 19.9 Å². The number of benzene rings is 1. The highest BCUT2D eigenvalue weighted by Crippen LogP contribution is 2.52. The Balaban J connectivity index is 1.97. The number of rotatable bonds is 3. The van der Waals surface area contributed by atoms with E-state index in [0.29, 0.717) is 18.6 Å². The first-order chi connectivity index (χ1) is 7.83. The minimum Gasteiger partial charge on any atom is -0.496 e. The maximum absolute atomic E-state index is 5.67. The van der Waals surface area contributed by atoms with E-state index in [-0.39, 0.29) is 0 Å². The molecule has 2 aliphatic rings. The molecule has 2 atom stereocenters. The molecule has 0 saturated heterocycles. The molecule has 1 fully saturated rings. The molecule has 0 bridgehead atoms. The molecule has 4 nitrogen and oxygen atoms in total. The first-order valence-corrected chi connectivity index (χ1v) is 5.51. The Morgan fingerprint density at radius 1 is 1.38 bits per heavy atom. The highest BCUT2D eigenvalue weighted by molar-refractivity contribution is 5.54. The van der Waals surface area contributed by atoms with Crippen molar-refractivity contribution >= 4 is 0 Å². The van der Waals surface area contributed by atoms with Gasteiger partial charge < -0.3 is 19.9 Å². The van der Waals surface area contributed by atoms with Gasteiger partial charge in [0.15, 0.2) is 11.5 Å². The van der Waals surface area contributed by atoms with Gasteiger partial charge in [-0.05, 0) is 30.9 Å². The van der Waals surface area contributed by atoms with Crippen molar-refractivity contribution in [2.75, 3.05) is 20.4 Å². The topological polar surface area (TPSA) is 53.7 Å². The molecule has 2 N–H and O–H groups in total. The Bertz CT molecular complexity index is 419. The van der Waals surface area contributed by atoms with Crippen molar-refractivity contribution in [3.8, 4) is 17.2 Å². The van der Waals surface area contributed by atoms with Crippen molar-refractivity contribution in [2.45, 2.75) is 12.3 Å². The monoisotopic (exact) mass is 221 g/mol. The first kappa shape index (κ1) is 9.78. The fraction of sp³-hybridized carbons (Fsp3) is 0.500. The molecule has 1 aliphatic heterocycles. The standard InChI is InChI=1S/C12H15NO3/c1-14-10-4-12-11(15-6-16-12)3-9(10)8-2-7(8)5-13/h3-4,7-8H,2,5-6,13H2,1H3. The Kier molecular flexibility index (Phi) is 2.17. The summed E-state index contributed by atoms with van der Waals surface area (Å²) in [5.41, 5.74) is 6.87. The van der Waals surface area contributed by atoms with Crippen molar-refractivity contribution in [2.24, 2.45) is 11.7 Å². The zero-order valence-electron chi connectivity index (χ0n) is 9.23. The number of nitrogens with two attached hydrogens (primary N) is 1. The largest absolute Gasteiger partial charge is 0.496 e. The van der Waals surface area contributed by atoms with E-state index < -0.39 is 0 Å². The van der Waals surface area contributed by atoms with Crippen LogP contribution in [0.3, 0.4) is 0 Å². The molecule has 0 aromatic heterocycles. The Hall–Kier alpha value is -1.42. The van der Waals surface area contributed by atoms with Crippen LogP contribution in [0.15, 0.2) is 12.1 Å². The maximum atomic E-state index is 5.67. The lowest BCUT2D eigenvalue weighted by Gasteiger charge is -2.09. The second-order valence-electron chi connectivity index (χ2n) is 4.29. The third kappa shape index (κ3) is 1.41. The van der Waals surface area contributed by atoms with E-state index in [9.17, 15) is 0 Å². The first-order valence-electron chi connectivity index (χ1n) is 5.51. The molecule has 1 aromatic rings. The van der Waals surface area contributed by atoms with Gasteiger partial charge >= 0.3 is 0 Å². The number of methoxy groups -OCH3 is 1. The van der Waals surface area contributed by atoms with Crippen molar-refractivity contribution < 1.29 is 14.2 Å². The van der Waals surface area contributed by atoms with Gasteiger partial charge in [0.05, 0.1) is 7.11 Å². The van der Waals surface area contributed by atoms with E-state index in [1.54, 1.807) is 7.11 Å². The molecule has 86 valence electrons. The number of hydrogen-bond acceptors (Lipinski definition) is 4. The van der Waals surface area contributed by atoms with Crippen molar-refractivity contribution in [1.82, 2.24) is 0 Å². The van der Waals surface area contributed by atoms with Crippen LogP contribution in [0.5, 0.6) is 17.2 Å². The third-order valence-electron chi connectivity index (χ3n) is 3.35. The van der Waals surface area contributed by atoms with Gasteiger partial charge in [-0.2, -0.15) is 0 Å². The van der Waals surface area contributed by atoms with Crippen LogP contribution in [-0.4, -0.2) is 20.4 Å². The highest BCUT2D eigenvalue weighted by atomic mass is 16.7. The molecule has 4 heteroatoms. The molecule has 2 unspecified atom stereocenters. The average Bonchev–Trinajstić information content (AvgIpc) is 2.97. The smallest absolute Gasteiger partial charge is 0.231 e. The SMILES string of the molecule is COc1cc2c(cc1C1CC1CN)OCO2. The second kappa shape index (κ2) is 3.56. The average molecular weight is 221 g/mol. The summed E-state index contributed by atoms with van der Waals surface area (Å²) >= 11 is 0. The minimum atomic E-state index is 0.299. The van der Waals surface area contributed by atoms with E-state index in [1.165, 1.54) is 5.56 Å². The molecular weight excluding hydrogens is 206 g/mol. The number of fused-ring (bicyclic) bond motifs is 1.